The molecule has 1 amide bonds. The Morgan fingerprint density at radius 1 is 1.35 bits per heavy atom. The molecule has 0 aliphatic rings. The van der Waals surface area contributed by atoms with Crippen LogP contribution in [-0.2, 0) is 11.3 Å². The fourth-order valence-electron chi connectivity index (χ4n) is 1.59. The first kappa shape index (κ1) is 13.6. The molecule has 104 valence electrons. The first-order chi connectivity index (χ1) is 9.65. The molecule has 1 aromatic heterocycles. The Bertz CT molecular complexity index is 637. The van der Waals surface area contributed by atoms with Crippen molar-refractivity contribution >= 4 is 23.0 Å². The normalized spacial score (nSPS) is 10.0. The van der Waals surface area contributed by atoms with Crippen LogP contribution in [0, 0.1) is 0 Å². The van der Waals surface area contributed by atoms with Gasteiger partial charge in [0, 0.05) is 17.1 Å². The molecule has 5 N–H and O–H groups in total. The van der Waals surface area contributed by atoms with E-state index in [-0.39, 0.29) is 19.2 Å². The van der Waals surface area contributed by atoms with Crippen LogP contribution in [0.15, 0.2) is 41.5 Å². The number of fused-ring (bicyclic) bond motifs is 1. The molecule has 0 fully saturated rings. The summed E-state index contributed by atoms with van der Waals surface area (Å²) in [6.45, 7) is 0.114. The van der Waals surface area contributed by atoms with Crippen LogP contribution < -0.4 is 16.8 Å². The molecule has 0 atom stereocenters. The molecule has 2 aromatic rings. The lowest BCUT2D eigenvalue weighted by Gasteiger charge is -2.06. The first-order valence-electron chi connectivity index (χ1n) is 5.95. The van der Waals surface area contributed by atoms with Gasteiger partial charge in [-0.05, 0) is 12.1 Å². The molecule has 0 saturated heterocycles. The lowest BCUT2D eigenvalue weighted by atomic mass is 10.2. The van der Waals surface area contributed by atoms with Gasteiger partial charge in [0.1, 0.15) is 13.3 Å². The number of hydrogen-bond donors (Lipinski definition) is 3. The number of guanidine groups is 1. The summed E-state index contributed by atoms with van der Waals surface area (Å²) in [6.07, 6.45) is 1.08. The third-order valence-electron chi connectivity index (χ3n) is 2.50. The summed E-state index contributed by atoms with van der Waals surface area (Å²) in [7, 11) is 0. The van der Waals surface area contributed by atoms with Crippen molar-refractivity contribution in [2.24, 2.45) is 16.5 Å². The highest BCUT2D eigenvalue weighted by molar-refractivity contribution is 5.78. The van der Waals surface area contributed by atoms with Gasteiger partial charge >= 0.3 is 6.09 Å². The number of hydrogen-bond acceptors (Lipinski definition) is 4. The summed E-state index contributed by atoms with van der Waals surface area (Å²) in [5.74, 6) is -0.0935. The molecule has 0 spiro atoms. The topological polar surface area (TPSA) is 116 Å². The average Bonchev–Trinajstić information content (AvgIpc) is 2.44. The molecular formula is C13H15N5O2. The second kappa shape index (κ2) is 6.37. The summed E-state index contributed by atoms with van der Waals surface area (Å²) in [5.41, 5.74) is 12.0. The van der Waals surface area contributed by atoms with Gasteiger partial charge in [-0.2, -0.15) is 0 Å². The molecule has 0 aliphatic carbocycles. The first-order valence-corrected chi connectivity index (χ1v) is 5.95. The van der Waals surface area contributed by atoms with Gasteiger partial charge in [0.15, 0.2) is 5.96 Å². The van der Waals surface area contributed by atoms with E-state index in [4.69, 9.17) is 16.2 Å². The zero-order chi connectivity index (χ0) is 14.4. The van der Waals surface area contributed by atoms with E-state index in [1.165, 1.54) is 0 Å². The van der Waals surface area contributed by atoms with Gasteiger partial charge in [0.05, 0.1) is 5.52 Å². The van der Waals surface area contributed by atoms with Crippen LogP contribution in [0.2, 0.25) is 0 Å². The minimum Gasteiger partial charge on any atom is -0.445 e. The largest absolute Gasteiger partial charge is 0.445 e. The van der Waals surface area contributed by atoms with Crippen molar-refractivity contribution in [1.82, 2.24) is 10.3 Å². The quantitative estimate of drug-likeness (QED) is 0.560. The monoisotopic (exact) mass is 273 g/mol. The van der Waals surface area contributed by atoms with Crippen LogP contribution >= 0.6 is 0 Å². The minimum absolute atomic E-state index is 0.0167. The molecular weight excluding hydrogens is 258 g/mol. The highest BCUT2D eigenvalue weighted by Crippen LogP contribution is 2.13. The Kier molecular flexibility index (Phi) is 4.33. The van der Waals surface area contributed by atoms with Crippen LogP contribution in [0.3, 0.4) is 0 Å². The van der Waals surface area contributed by atoms with E-state index in [0.29, 0.717) is 0 Å². The highest BCUT2D eigenvalue weighted by Gasteiger charge is 2.03. The number of carbonyl (C=O) groups excluding carboxylic acids is 1. The van der Waals surface area contributed by atoms with Crippen LogP contribution in [-0.4, -0.2) is 23.7 Å². The Balaban J connectivity index is 1.89. The van der Waals surface area contributed by atoms with Gasteiger partial charge in [0.25, 0.3) is 0 Å². The molecule has 0 bridgehead atoms. The van der Waals surface area contributed by atoms with E-state index < -0.39 is 6.09 Å². The van der Waals surface area contributed by atoms with E-state index in [0.717, 1.165) is 16.5 Å². The lowest BCUT2D eigenvalue weighted by Crippen LogP contribution is -2.29. The number of nitrogens with two attached hydrogens (primary N) is 2. The third-order valence-corrected chi connectivity index (χ3v) is 2.50. The van der Waals surface area contributed by atoms with Crippen molar-refractivity contribution in [2.75, 3.05) is 6.67 Å². The number of rotatable bonds is 4. The van der Waals surface area contributed by atoms with Gasteiger partial charge in [-0.25, -0.2) is 9.79 Å². The van der Waals surface area contributed by atoms with Gasteiger partial charge < -0.3 is 21.5 Å². The predicted molar refractivity (Wildman–Crippen MR) is 75.7 cm³/mol. The smallest absolute Gasteiger partial charge is 0.408 e. The molecule has 0 aliphatic heterocycles. The maximum atomic E-state index is 11.4. The molecule has 7 nitrogen and oxygen atoms in total. The predicted octanol–water partition coefficient (Wildman–Crippen LogP) is 0.692. The molecule has 1 heterocycles. The summed E-state index contributed by atoms with van der Waals surface area (Å²) in [6, 6.07) is 9.64. The van der Waals surface area contributed by atoms with Crippen LogP contribution in [0.4, 0.5) is 4.79 Å². The molecule has 2 rings (SSSR count). The number of pyridine rings is 1. The van der Waals surface area contributed by atoms with Crippen molar-refractivity contribution in [3.63, 3.8) is 0 Å². The van der Waals surface area contributed by atoms with Gasteiger partial charge in [-0.15, -0.1) is 0 Å². The minimum atomic E-state index is -0.594. The number of nitrogens with one attached hydrogen (secondary N) is 1. The van der Waals surface area contributed by atoms with E-state index in [9.17, 15) is 4.79 Å². The number of benzene rings is 1. The number of amides is 1. The maximum absolute atomic E-state index is 11.4. The van der Waals surface area contributed by atoms with E-state index in [1.807, 2.05) is 30.3 Å². The number of aliphatic imine (C=N–C) groups is 1. The SMILES string of the molecule is NC(N)=NCNC(=O)OCc1cnc2ccccc2c1. The van der Waals surface area contributed by atoms with E-state index >= 15 is 0 Å². The summed E-state index contributed by atoms with van der Waals surface area (Å²) in [4.78, 5) is 19.2. The Hall–Kier alpha value is -2.83. The Morgan fingerprint density at radius 2 is 2.15 bits per heavy atom. The van der Waals surface area contributed by atoms with Gasteiger partial charge in [0.2, 0.25) is 0 Å². The van der Waals surface area contributed by atoms with Crippen molar-refractivity contribution in [2.45, 2.75) is 6.61 Å². The number of alkyl carbamates (subject to hydrolysis) is 1. The van der Waals surface area contributed by atoms with Gasteiger partial charge in [-0.3, -0.25) is 4.98 Å². The number of carbonyl (C=O) groups is 1. The van der Waals surface area contributed by atoms with Crippen molar-refractivity contribution in [3.05, 3.63) is 42.1 Å². The van der Waals surface area contributed by atoms with Crippen molar-refractivity contribution in [1.29, 1.82) is 0 Å². The number of nitrogens with zero attached hydrogens (tertiary/aromatic N) is 2. The van der Waals surface area contributed by atoms with E-state index in [1.54, 1.807) is 6.20 Å². The summed E-state index contributed by atoms with van der Waals surface area (Å²) < 4.78 is 5.02. The van der Waals surface area contributed by atoms with Gasteiger partial charge in [-0.1, -0.05) is 18.2 Å². The molecule has 0 radical (unpaired) electrons. The van der Waals surface area contributed by atoms with Crippen LogP contribution in [0.5, 0.6) is 0 Å². The van der Waals surface area contributed by atoms with Crippen molar-refractivity contribution < 1.29 is 9.53 Å². The Labute approximate surface area is 115 Å². The van der Waals surface area contributed by atoms with Crippen molar-refractivity contribution in [3.8, 4) is 0 Å². The zero-order valence-electron chi connectivity index (χ0n) is 10.7. The van der Waals surface area contributed by atoms with E-state index in [2.05, 4.69) is 15.3 Å². The average molecular weight is 273 g/mol. The zero-order valence-corrected chi connectivity index (χ0v) is 10.7. The molecule has 0 saturated carbocycles. The number of para-hydroxylation sites is 1. The Morgan fingerprint density at radius 3 is 2.95 bits per heavy atom. The summed E-state index contributed by atoms with van der Waals surface area (Å²) >= 11 is 0. The molecule has 1 aromatic carbocycles. The summed E-state index contributed by atoms with van der Waals surface area (Å²) in [5, 5.41) is 3.39. The maximum Gasteiger partial charge on any atom is 0.408 e. The van der Waals surface area contributed by atoms with Crippen LogP contribution in [0.1, 0.15) is 5.56 Å². The third kappa shape index (κ3) is 3.84. The fraction of sp³-hybridized carbons (Fsp3) is 0.154. The fourth-order valence-corrected chi connectivity index (χ4v) is 1.59. The second-order valence-corrected chi connectivity index (χ2v) is 4.03. The second-order valence-electron chi connectivity index (χ2n) is 4.03. The number of aromatic nitrogens is 1. The number of ether oxygens (including phenoxy) is 1. The standard InChI is InChI=1S/C13H15N5O2/c14-12(15)17-8-18-13(19)20-7-9-5-10-3-1-2-4-11(10)16-6-9/h1-6H,7-8H2,(H,18,19)(H4,14,15,17). The lowest BCUT2D eigenvalue weighted by molar-refractivity contribution is 0.140. The highest BCUT2D eigenvalue weighted by atomic mass is 16.5. The molecule has 0 unspecified atom stereocenters. The van der Waals surface area contributed by atoms with Crippen LogP contribution in [0.25, 0.3) is 10.9 Å². The molecule has 20 heavy (non-hydrogen) atoms. The molecule has 7 heteroatoms.